The summed E-state index contributed by atoms with van der Waals surface area (Å²) in [5, 5.41) is 6.27. The van der Waals surface area contributed by atoms with Crippen molar-refractivity contribution in [2.45, 2.75) is 43.4 Å². The highest BCUT2D eigenvalue weighted by atomic mass is 32.2. The van der Waals surface area contributed by atoms with Gasteiger partial charge in [-0.25, -0.2) is 8.42 Å². The van der Waals surface area contributed by atoms with Crippen LogP contribution in [0.3, 0.4) is 0 Å². The summed E-state index contributed by atoms with van der Waals surface area (Å²) in [4.78, 5) is 15.6. The smallest absolute Gasteiger partial charge is 0.243 e. The molecule has 32 heavy (non-hydrogen) atoms. The van der Waals surface area contributed by atoms with Gasteiger partial charge in [0, 0.05) is 31.9 Å². The Morgan fingerprint density at radius 3 is 2.03 bits per heavy atom. The number of nitrogens with one attached hydrogen (secondary N) is 2. The topological polar surface area (TPSA) is 81.8 Å². The lowest BCUT2D eigenvalue weighted by molar-refractivity contribution is -0.144. The highest BCUT2D eigenvalue weighted by Crippen LogP contribution is 2.60. The molecule has 0 aromatic heterocycles. The fourth-order valence-corrected chi connectivity index (χ4v) is 8.31. The molecule has 1 aromatic carbocycles. The Labute approximate surface area is 196 Å². The van der Waals surface area contributed by atoms with Gasteiger partial charge in [-0.1, -0.05) is 0 Å². The van der Waals surface area contributed by atoms with Crippen molar-refractivity contribution in [2.75, 3.05) is 38.5 Å². The molecule has 0 unspecified atom stereocenters. The first-order chi connectivity index (χ1) is 15.2. The third-order valence-electron chi connectivity index (χ3n) is 7.96. The summed E-state index contributed by atoms with van der Waals surface area (Å²) in [7, 11) is -1.50. The van der Waals surface area contributed by atoms with Gasteiger partial charge in [-0.15, -0.1) is 0 Å². The predicted octanol–water partition coefficient (Wildman–Crippen LogP) is 2.65. The Morgan fingerprint density at radius 1 is 0.969 bits per heavy atom. The van der Waals surface area contributed by atoms with E-state index in [1.165, 1.54) is 23.6 Å². The largest absolute Gasteiger partial charge is 0.332 e. The molecule has 1 saturated heterocycles. The van der Waals surface area contributed by atoms with E-state index in [1.54, 1.807) is 24.3 Å². The number of piperazine rings is 1. The maximum absolute atomic E-state index is 13.2. The number of sulfonamides is 1. The molecule has 7 nitrogen and oxygen atoms in total. The molecule has 0 radical (unpaired) electrons. The van der Waals surface area contributed by atoms with E-state index >= 15 is 0 Å². The lowest BCUT2D eigenvalue weighted by atomic mass is 9.49. The molecule has 9 heteroatoms. The number of carbonyl (C=O) groups excluding carboxylic acids is 1. The third kappa shape index (κ3) is 4.20. The zero-order valence-corrected chi connectivity index (χ0v) is 20.2. The van der Waals surface area contributed by atoms with Crippen molar-refractivity contribution in [2.24, 2.45) is 23.2 Å². The molecule has 4 bridgehead atoms. The van der Waals surface area contributed by atoms with Gasteiger partial charge in [-0.05, 0) is 99.8 Å². The van der Waals surface area contributed by atoms with Gasteiger partial charge in [0.1, 0.15) is 0 Å². The highest BCUT2D eigenvalue weighted by molar-refractivity contribution is 7.89. The highest BCUT2D eigenvalue weighted by Gasteiger charge is 2.54. The van der Waals surface area contributed by atoms with Gasteiger partial charge in [0.2, 0.25) is 15.9 Å². The van der Waals surface area contributed by atoms with Crippen LogP contribution in [0.5, 0.6) is 0 Å². The van der Waals surface area contributed by atoms with Gasteiger partial charge < -0.3 is 15.5 Å². The first kappa shape index (κ1) is 22.3. The fraction of sp³-hybridized carbons (Fsp3) is 0.652. The lowest BCUT2D eigenvalue weighted by Gasteiger charge is -2.55. The van der Waals surface area contributed by atoms with Gasteiger partial charge in [0.25, 0.3) is 0 Å². The van der Waals surface area contributed by atoms with E-state index in [0.29, 0.717) is 36.5 Å². The molecular weight excluding hydrogens is 444 g/mol. The molecular formula is C23H32N4O3S2. The third-order valence-corrected chi connectivity index (χ3v) is 10.1. The van der Waals surface area contributed by atoms with E-state index in [9.17, 15) is 13.2 Å². The van der Waals surface area contributed by atoms with Crippen molar-refractivity contribution >= 4 is 38.9 Å². The number of amides is 1. The maximum Gasteiger partial charge on any atom is 0.243 e. The molecule has 1 aromatic rings. The zero-order valence-electron chi connectivity index (χ0n) is 18.5. The Hall–Kier alpha value is -1.55. The number of thiocarbonyl (C=S) groups is 1. The van der Waals surface area contributed by atoms with Crippen LogP contribution in [0, 0.1) is 23.2 Å². The van der Waals surface area contributed by atoms with Crippen LogP contribution in [0.2, 0.25) is 0 Å². The van der Waals surface area contributed by atoms with Gasteiger partial charge in [-0.3, -0.25) is 4.79 Å². The average molecular weight is 477 g/mol. The summed E-state index contributed by atoms with van der Waals surface area (Å²) in [5.41, 5.74) is 0.416. The van der Waals surface area contributed by atoms with Crippen LogP contribution in [0.1, 0.15) is 38.5 Å². The van der Waals surface area contributed by atoms with Gasteiger partial charge in [0.05, 0.1) is 10.3 Å². The van der Waals surface area contributed by atoms with Crippen molar-refractivity contribution < 1.29 is 13.2 Å². The first-order valence-corrected chi connectivity index (χ1v) is 13.5. The molecule has 0 spiro atoms. The SMILES string of the molecule is CN1CCN(S(=O)(=O)c2ccc(NC(=S)NC(=O)C34CC5CC(CC(C5)C3)C4)cc2)CC1. The van der Waals surface area contributed by atoms with E-state index in [-0.39, 0.29) is 21.3 Å². The molecule has 2 N–H and O–H groups in total. The number of likely N-dealkylation sites (N-methyl/N-ethyl adjacent to an activating group) is 1. The standard InChI is InChI=1S/C23H32N4O3S2/c1-26-6-8-27(9-7-26)32(29,30)20-4-2-19(3-5-20)24-22(31)25-21(28)23-13-16-10-17(14-23)12-18(11-16)15-23/h2-5,16-18H,6-15H2,1H3,(H2,24,25,28,31). The van der Waals surface area contributed by atoms with Gasteiger partial charge in [-0.2, -0.15) is 4.31 Å². The van der Waals surface area contributed by atoms with Crippen LogP contribution in [-0.4, -0.2) is 61.9 Å². The molecule has 4 aliphatic carbocycles. The molecule has 1 amide bonds. The van der Waals surface area contributed by atoms with E-state index in [2.05, 4.69) is 15.5 Å². The number of benzene rings is 1. The molecule has 1 heterocycles. The molecule has 174 valence electrons. The van der Waals surface area contributed by atoms with Gasteiger partial charge >= 0.3 is 0 Å². The minimum atomic E-state index is -3.50. The number of rotatable bonds is 4. The summed E-state index contributed by atoms with van der Waals surface area (Å²) >= 11 is 5.41. The summed E-state index contributed by atoms with van der Waals surface area (Å²) in [6.45, 7) is 2.46. The minimum Gasteiger partial charge on any atom is -0.332 e. The second kappa shape index (κ2) is 8.34. The molecule has 4 saturated carbocycles. The Bertz CT molecular complexity index is 965. The minimum absolute atomic E-state index is 0.0587. The average Bonchev–Trinajstić information content (AvgIpc) is 2.73. The maximum atomic E-state index is 13.2. The van der Waals surface area contributed by atoms with Crippen LogP contribution in [0.15, 0.2) is 29.2 Å². The molecule has 1 aliphatic heterocycles. The lowest BCUT2D eigenvalue weighted by Crippen LogP contribution is -2.55. The van der Waals surface area contributed by atoms with Crippen LogP contribution in [0.4, 0.5) is 5.69 Å². The number of hydrogen-bond donors (Lipinski definition) is 2. The summed E-state index contributed by atoms with van der Waals surface area (Å²) in [6.07, 6.45) is 6.85. The number of anilines is 1. The molecule has 5 fully saturated rings. The monoisotopic (exact) mass is 476 g/mol. The zero-order chi connectivity index (χ0) is 22.5. The van der Waals surface area contributed by atoms with Crippen molar-refractivity contribution in [3.8, 4) is 0 Å². The second-order valence-corrected chi connectivity index (χ2v) is 12.7. The van der Waals surface area contributed by atoms with Crippen LogP contribution in [-0.2, 0) is 14.8 Å². The van der Waals surface area contributed by atoms with Crippen LogP contribution >= 0.6 is 12.2 Å². The summed E-state index contributed by atoms with van der Waals surface area (Å²) in [6, 6.07) is 6.59. The Balaban J connectivity index is 1.20. The molecule has 0 atom stereocenters. The van der Waals surface area contributed by atoms with Crippen LogP contribution in [0.25, 0.3) is 0 Å². The molecule has 6 rings (SSSR count). The first-order valence-electron chi connectivity index (χ1n) is 11.6. The normalized spacial score (nSPS) is 32.6. The Kier molecular flexibility index (Phi) is 5.80. The van der Waals surface area contributed by atoms with E-state index in [1.807, 2.05) is 7.05 Å². The van der Waals surface area contributed by atoms with E-state index in [4.69, 9.17) is 12.2 Å². The van der Waals surface area contributed by atoms with E-state index < -0.39 is 10.0 Å². The van der Waals surface area contributed by atoms with E-state index in [0.717, 1.165) is 32.4 Å². The fourth-order valence-electron chi connectivity index (χ4n) is 6.67. The number of carbonyl (C=O) groups is 1. The van der Waals surface area contributed by atoms with Gasteiger partial charge in [0.15, 0.2) is 5.11 Å². The molecule has 5 aliphatic rings. The van der Waals surface area contributed by atoms with Crippen LogP contribution < -0.4 is 10.6 Å². The van der Waals surface area contributed by atoms with Crippen molar-refractivity contribution in [3.63, 3.8) is 0 Å². The predicted molar refractivity (Wildman–Crippen MR) is 128 cm³/mol. The van der Waals surface area contributed by atoms with Crippen molar-refractivity contribution in [1.82, 2.24) is 14.5 Å². The van der Waals surface area contributed by atoms with Crippen molar-refractivity contribution in [3.05, 3.63) is 24.3 Å². The number of hydrogen-bond acceptors (Lipinski definition) is 5. The summed E-state index contributed by atoms with van der Waals surface area (Å²) < 4.78 is 27.3. The number of nitrogens with zero attached hydrogens (tertiary/aromatic N) is 2. The Morgan fingerprint density at radius 2 is 1.50 bits per heavy atom. The quantitative estimate of drug-likeness (QED) is 0.651. The van der Waals surface area contributed by atoms with Crippen molar-refractivity contribution in [1.29, 1.82) is 0 Å². The second-order valence-electron chi connectivity index (χ2n) is 10.3. The summed E-state index contributed by atoms with van der Waals surface area (Å²) in [5.74, 6) is 2.15.